The van der Waals surface area contributed by atoms with Crippen molar-refractivity contribution in [2.75, 3.05) is 19.6 Å². The summed E-state index contributed by atoms with van der Waals surface area (Å²) in [5.74, 6) is 0. The Bertz CT molecular complexity index is 127. The van der Waals surface area contributed by atoms with Crippen molar-refractivity contribution < 1.29 is 0 Å². The van der Waals surface area contributed by atoms with Crippen molar-refractivity contribution in [3.05, 3.63) is 6.42 Å². The summed E-state index contributed by atoms with van der Waals surface area (Å²) in [7, 11) is 0. The van der Waals surface area contributed by atoms with Gasteiger partial charge in [0.1, 0.15) is 0 Å². The minimum absolute atomic E-state index is 1.31. The summed E-state index contributed by atoms with van der Waals surface area (Å²) in [4.78, 5) is 2.63. The Morgan fingerprint density at radius 3 is 2.47 bits per heavy atom. The third kappa shape index (κ3) is 6.94. The van der Waals surface area contributed by atoms with Crippen LogP contribution in [0.3, 0.4) is 0 Å². The first kappa shape index (κ1) is 13.0. The molecule has 0 unspecified atom stereocenters. The third-order valence-corrected chi connectivity index (χ3v) is 3.36. The van der Waals surface area contributed by atoms with Gasteiger partial charge in [0, 0.05) is 0 Å². The van der Waals surface area contributed by atoms with Gasteiger partial charge in [-0.15, -0.1) is 0 Å². The van der Waals surface area contributed by atoms with Gasteiger partial charge < -0.3 is 4.90 Å². The number of rotatable bonds is 8. The monoisotopic (exact) mass is 210 g/mol. The molecule has 0 N–H and O–H groups in total. The molecule has 0 aliphatic carbocycles. The smallest absolute Gasteiger partial charge is 0.00160 e. The minimum atomic E-state index is 1.31. The second kappa shape index (κ2) is 9.21. The highest BCUT2D eigenvalue weighted by Gasteiger charge is 2.08. The second-order valence-corrected chi connectivity index (χ2v) is 4.83. The van der Waals surface area contributed by atoms with Gasteiger partial charge >= 0.3 is 0 Å². The van der Waals surface area contributed by atoms with Crippen LogP contribution in [0, 0.1) is 6.42 Å². The first-order valence-corrected chi connectivity index (χ1v) is 6.97. The van der Waals surface area contributed by atoms with Crippen molar-refractivity contribution in [2.45, 2.75) is 64.7 Å². The molecule has 0 aromatic rings. The van der Waals surface area contributed by atoms with Crippen LogP contribution in [0.1, 0.15) is 64.7 Å². The largest absolute Gasteiger partial charge is 0.303 e. The first-order valence-electron chi connectivity index (χ1n) is 6.97. The number of hydrogen-bond acceptors (Lipinski definition) is 1. The van der Waals surface area contributed by atoms with Crippen molar-refractivity contribution >= 4 is 0 Å². The van der Waals surface area contributed by atoms with Crippen molar-refractivity contribution in [1.82, 2.24) is 4.90 Å². The Morgan fingerprint density at radius 2 is 1.73 bits per heavy atom. The Hall–Kier alpha value is -0.0400. The second-order valence-electron chi connectivity index (χ2n) is 4.83. The van der Waals surface area contributed by atoms with E-state index < -0.39 is 0 Å². The number of likely N-dealkylation sites (tertiary alicyclic amines) is 1. The first-order chi connectivity index (χ1) is 7.43. The summed E-state index contributed by atoms with van der Waals surface area (Å²) in [6.45, 7) is 6.29. The van der Waals surface area contributed by atoms with Crippen molar-refractivity contribution in [3.63, 3.8) is 0 Å². The maximum atomic E-state index is 2.63. The van der Waals surface area contributed by atoms with E-state index in [2.05, 4.69) is 18.2 Å². The average molecular weight is 210 g/mol. The zero-order valence-electron chi connectivity index (χ0n) is 10.5. The standard InChI is InChI=1S/C14H28N/c1-2-3-4-5-6-7-9-12-15-13-10-8-11-14-15/h7H,2-6,8-14H2,1H3. The highest BCUT2D eigenvalue weighted by molar-refractivity contribution is 4.70. The van der Waals surface area contributed by atoms with Gasteiger partial charge in [-0.25, -0.2) is 0 Å². The fourth-order valence-corrected chi connectivity index (χ4v) is 2.32. The van der Waals surface area contributed by atoms with Gasteiger partial charge in [0.05, 0.1) is 0 Å². The van der Waals surface area contributed by atoms with Crippen LogP contribution >= 0.6 is 0 Å². The van der Waals surface area contributed by atoms with Crippen LogP contribution in [0.5, 0.6) is 0 Å². The van der Waals surface area contributed by atoms with Gasteiger partial charge in [0.25, 0.3) is 0 Å². The lowest BCUT2D eigenvalue weighted by Gasteiger charge is -2.26. The Balaban J connectivity index is 1.79. The molecular formula is C14H28N. The molecule has 89 valence electrons. The number of nitrogens with zero attached hydrogens (tertiary/aromatic N) is 1. The molecule has 1 radical (unpaired) electrons. The Kier molecular flexibility index (Phi) is 7.99. The van der Waals surface area contributed by atoms with Crippen LogP contribution in [0.4, 0.5) is 0 Å². The summed E-state index contributed by atoms with van der Waals surface area (Å²) in [5.41, 5.74) is 0. The fourth-order valence-electron chi connectivity index (χ4n) is 2.32. The molecule has 1 fully saturated rings. The van der Waals surface area contributed by atoms with E-state index in [9.17, 15) is 0 Å². The highest BCUT2D eigenvalue weighted by Crippen LogP contribution is 2.11. The SMILES string of the molecule is CCCCCC[CH]CCN1CCCCC1. The molecule has 0 saturated carbocycles. The molecular weight excluding hydrogens is 182 g/mol. The zero-order valence-corrected chi connectivity index (χ0v) is 10.5. The molecule has 1 heteroatoms. The zero-order chi connectivity index (χ0) is 10.8. The van der Waals surface area contributed by atoms with Crippen molar-refractivity contribution in [2.24, 2.45) is 0 Å². The van der Waals surface area contributed by atoms with Crippen LogP contribution in [-0.2, 0) is 0 Å². The lowest BCUT2D eigenvalue weighted by Crippen LogP contribution is -2.30. The van der Waals surface area contributed by atoms with Crippen LogP contribution in [-0.4, -0.2) is 24.5 Å². The molecule has 15 heavy (non-hydrogen) atoms. The Morgan fingerprint density at radius 1 is 0.933 bits per heavy atom. The van der Waals surface area contributed by atoms with Gasteiger partial charge in [-0.3, -0.25) is 0 Å². The lowest BCUT2D eigenvalue weighted by molar-refractivity contribution is 0.230. The fraction of sp³-hybridized carbons (Fsp3) is 0.929. The quantitative estimate of drug-likeness (QED) is 0.547. The molecule has 0 atom stereocenters. The van der Waals surface area contributed by atoms with E-state index in [0.717, 1.165) is 0 Å². The van der Waals surface area contributed by atoms with E-state index in [1.54, 1.807) is 0 Å². The molecule has 1 saturated heterocycles. The van der Waals surface area contributed by atoms with Crippen molar-refractivity contribution in [1.29, 1.82) is 0 Å². The maximum absolute atomic E-state index is 2.63. The van der Waals surface area contributed by atoms with E-state index in [1.807, 2.05) is 0 Å². The van der Waals surface area contributed by atoms with E-state index in [0.29, 0.717) is 0 Å². The molecule has 1 aliphatic rings. The highest BCUT2D eigenvalue weighted by atomic mass is 15.1. The summed E-state index contributed by atoms with van der Waals surface area (Å²) in [6.07, 6.45) is 15.1. The van der Waals surface area contributed by atoms with Gasteiger partial charge in [0.2, 0.25) is 0 Å². The third-order valence-electron chi connectivity index (χ3n) is 3.36. The van der Waals surface area contributed by atoms with Gasteiger partial charge in [-0.05, 0) is 45.3 Å². The molecule has 1 nitrogen and oxygen atoms in total. The summed E-state index contributed by atoms with van der Waals surface area (Å²) in [6, 6.07) is 0. The summed E-state index contributed by atoms with van der Waals surface area (Å²) < 4.78 is 0. The molecule has 0 aromatic heterocycles. The molecule has 1 heterocycles. The maximum Gasteiger partial charge on any atom is -0.00160 e. The minimum Gasteiger partial charge on any atom is -0.303 e. The van der Waals surface area contributed by atoms with Gasteiger partial charge in [-0.2, -0.15) is 0 Å². The van der Waals surface area contributed by atoms with Gasteiger partial charge in [0.15, 0.2) is 0 Å². The molecule has 0 aromatic carbocycles. The van der Waals surface area contributed by atoms with Crippen LogP contribution in [0.25, 0.3) is 0 Å². The van der Waals surface area contributed by atoms with Gasteiger partial charge in [-0.1, -0.05) is 45.4 Å². The molecule has 1 rings (SSSR count). The predicted octanol–water partition coefficient (Wildman–Crippen LogP) is 4.04. The van der Waals surface area contributed by atoms with E-state index in [1.165, 1.54) is 77.4 Å². The molecule has 0 bridgehead atoms. The van der Waals surface area contributed by atoms with E-state index in [-0.39, 0.29) is 0 Å². The Labute approximate surface area is 96.2 Å². The topological polar surface area (TPSA) is 3.24 Å². The molecule has 0 spiro atoms. The van der Waals surface area contributed by atoms with E-state index in [4.69, 9.17) is 0 Å². The molecule has 1 aliphatic heterocycles. The molecule has 0 amide bonds. The average Bonchev–Trinajstić information content (AvgIpc) is 2.29. The van der Waals surface area contributed by atoms with Crippen LogP contribution < -0.4 is 0 Å². The number of unbranched alkanes of at least 4 members (excludes halogenated alkanes) is 6. The van der Waals surface area contributed by atoms with E-state index >= 15 is 0 Å². The summed E-state index contributed by atoms with van der Waals surface area (Å²) >= 11 is 0. The number of hydrogen-bond donors (Lipinski definition) is 0. The normalized spacial score (nSPS) is 18.2. The predicted molar refractivity (Wildman–Crippen MR) is 68.0 cm³/mol. The van der Waals surface area contributed by atoms with Crippen LogP contribution in [0.2, 0.25) is 0 Å². The number of piperidine rings is 1. The van der Waals surface area contributed by atoms with Crippen molar-refractivity contribution in [3.8, 4) is 0 Å². The lowest BCUT2D eigenvalue weighted by atomic mass is 10.1. The van der Waals surface area contributed by atoms with Crippen LogP contribution in [0.15, 0.2) is 0 Å². The summed E-state index contributed by atoms with van der Waals surface area (Å²) in [5, 5.41) is 0.